The zero-order chi connectivity index (χ0) is 26.2. The fourth-order valence-electron chi connectivity index (χ4n) is 4.16. The van der Waals surface area contributed by atoms with Gasteiger partial charge in [0.1, 0.15) is 11.5 Å². The summed E-state index contributed by atoms with van der Waals surface area (Å²) in [6.45, 7) is 3.25. The summed E-state index contributed by atoms with van der Waals surface area (Å²) >= 11 is 0. The number of rotatable bonds is 10. The minimum atomic E-state index is -0.531. The van der Waals surface area contributed by atoms with Crippen molar-refractivity contribution in [1.29, 1.82) is 0 Å². The van der Waals surface area contributed by atoms with Crippen LogP contribution in [0.1, 0.15) is 35.7 Å². The van der Waals surface area contributed by atoms with Gasteiger partial charge in [0.25, 0.3) is 5.91 Å². The molecule has 1 atom stereocenters. The van der Waals surface area contributed by atoms with Gasteiger partial charge in [-0.3, -0.25) is 14.4 Å². The van der Waals surface area contributed by atoms with Crippen LogP contribution in [-0.4, -0.2) is 38.0 Å². The van der Waals surface area contributed by atoms with Crippen LogP contribution in [0, 0.1) is 5.92 Å². The van der Waals surface area contributed by atoms with Crippen LogP contribution in [-0.2, 0) is 16.1 Å². The molecule has 1 aliphatic heterocycles. The van der Waals surface area contributed by atoms with E-state index in [2.05, 4.69) is 10.6 Å². The SMILES string of the molecule is CCCOc1ccc(N2C[C@H](C(=O)Nc3ccccc3C(=O)NCc3cccc(OC)c3)CC2=O)cc1. The van der Waals surface area contributed by atoms with E-state index in [-0.39, 0.29) is 30.7 Å². The summed E-state index contributed by atoms with van der Waals surface area (Å²) in [6, 6.07) is 21.6. The Hall–Kier alpha value is -4.33. The Morgan fingerprint density at radius 2 is 1.78 bits per heavy atom. The van der Waals surface area contributed by atoms with Crippen molar-refractivity contribution in [3.8, 4) is 11.5 Å². The van der Waals surface area contributed by atoms with Gasteiger partial charge in [0, 0.05) is 25.2 Å². The third kappa shape index (κ3) is 6.46. The van der Waals surface area contributed by atoms with E-state index >= 15 is 0 Å². The second-order valence-corrected chi connectivity index (χ2v) is 8.82. The van der Waals surface area contributed by atoms with Crippen LogP contribution in [0.3, 0.4) is 0 Å². The summed E-state index contributed by atoms with van der Waals surface area (Å²) in [5.41, 5.74) is 2.37. The van der Waals surface area contributed by atoms with E-state index in [1.54, 1.807) is 36.3 Å². The first-order valence-electron chi connectivity index (χ1n) is 12.3. The van der Waals surface area contributed by atoms with Crippen molar-refractivity contribution in [2.75, 3.05) is 30.5 Å². The highest BCUT2D eigenvalue weighted by molar-refractivity contribution is 6.07. The average molecular weight is 502 g/mol. The molecule has 192 valence electrons. The number of nitrogens with zero attached hydrogens (tertiary/aromatic N) is 1. The van der Waals surface area contributed by atoms with Crippen molar-refractivity contribution >= 4 is 29.1 Å². The normalized spacial score (nSPS) is 14.8. The zero-order valence-corrected chi connectivity index (χ0v) is 21.0. The summed E-state index contributed by atoms with van der Waals surface area (Å²) in [7, 11) is 1.59. The molecule has 1 fully saturated rings. The summed E-state index contributed by atoms with van der Waals surface area (Å²) in [5.74, 6) is 0.191. The Bertz CT molecular complexity index is 1260. The maximum atomic E-state index is 13.1. The monoisotopic (exact) mass is 501 g/mol. The van der Waals surface area contributed by atoms with Crippen molar-refractivity contribution in [3.63, 3.8) is 0 Å². The molecule has 4 rings (SSSR count). The summed E-state index contributed by atoms with van der Waals surface area (Å²) < 4.78 is 10.8. The van der Waals surface area contributed by atoms with Crippen LogP contribution < -0.4 is 25.0 Å². The lowest BCUT2D eigenvalue weighted by Gasteiger charge is -2.18. The van der Waals surface area contributed by atoms with Gasteiger partial charge in [0.2, 0.25) is 11.8 Å². The lowest BCUT2D eigenvalue weighted by Crippen LogP contribution is -2.29. The van der Waals surface area contributed by atoms with Gasteiger partial charge in [-0.25, -0.2) is 0 Å². The van der Waals surface area contributed by atoms with Crippen molar-refractivity contribution in [2.24, 2.45) is 5.92 Å². The maximum Gasteiger partial charge on any atom is 0.253 e. The van der Waals surface area contributed by atoms with Gasteiger partial charge in [-0.05, 0) is 60.5 Å². The molecule has 0 saturated carbocycles. The molecule has 0 aromatic heterocycles. The minimum absolute atomic E-state index is 0.101. The molecule has 0 spiro atoms. The number of hydrogen-bond donors (Lipinski definition) is 2. The first-order chi connectivity index (χ1) is 18.0. The Morgan fingerprint density at radius 3 is 2.54 bits per heavy atom. The fourth-order valence-corrected chi connectivity index (χ4v) is 4.16. The van der Waals surface area contributed by atoms with Crippen molar-refractivity contribution in [3.05, 3.63) is 83.9 Å². The molecule has 0 unspecified atom stereocenters. The largest absolute Gasteiger partial charge is 0.497 e. The van der Waals surface area contributed by atoms with E-state index in [4.69, 9.17) is 9.47 Å². The van der Waals surface area contributed by atoms with E-state index in [1.807, 2.05) is 55.5 Å². The quantitative estimate of drug-likeness (QED) is 0.429. The summed E-state index contributed by atoms with van der Waals surface area (Å²) in [5, 5.41) is 5.74. The molecule has 0 aliphatic carbocycles. The molecule has 3 aromatic carbocycles. The predicted octanol–water partition coefficient (Wildman–Crippen LogP) is 4.41. The molecule has 2 N–H and O–H groups in total. The molecule has 3 aromatic rings. The Morgan fingerprint density at radius 1 is 1.00 bits per heavy atom. The van der Waals surface area contributed by atoms with Gasteiger partial charge in [-0.15, -0.1) is 0 Å². The molecule has 0 bridgehead atoms. The maximum absolute atomic E-state index is 13.1. The highest BCUT2D eigenvalue weighted by Crippen LogP contribution is 2.28. The Kier molecular flexibility index (Phi) is 8.40. The highest BCUT2D eigenvalue weighted by atomic mass is 16.5. The topological polar surface area (TPSA) is 97.0 Å². The van der Waals surface area contributed by atoms with E-state index in [9.17, 15) is 14.4 Å². The second kappa shape index (κ2) is 12.1. The van der Waals surface area contributed by atoms with Gasteiger partial charge in [0.05, 0.1) is 30.9 Å². The molecule has 0 radical (unpaired) electrons. The number of hydrogen-bond acceptors (Lipinski definition) is 5. The Labute approximate surface area is 216 Å². The molecule has 8 heteroatoms. The third-order valence-electron chi connectivity index (χ3n) is 6.13. The number of nitrogens with one attached hydrogen (secondary N) is 2. The van der Waals surface area contributed by atoms with Gasteiger partial charge in [-0.2, -0.15) is 0 Å². The zero-order valence-electron chi connectivity index (χ0n) is 21.0. The van der Waals surface area contributed by atoms with Crippen LogP contribution in [0.25, 0.3) is 0 Å². The highest BCUT2D eigenvalue weighted by Gasteiger charge is 2.35. The minimum Gasteiger partial charge on any atom is -0.497 e. The second-order valence-electron chi connectivity index (χ2n) is 8.82. The molecule has 3 amide bonds. The molecule has 1 saturated heterocycles. The van der Waals surface area contributed by atoms with E-state index in [0.717, 1.165) is 23.4 Å². The van der Waals surface area contributed by atoms with Crippen LogP contribution in [0.15, 0.2) is 72.8 Å². The van der Waals surface area contributed by atoms with E-state index < -0.39 is 5.92 Å². The van der Waals surface area contributed by atoms with Crippen LogP contribution in [0.5, 0.6) is 11.5 Å². The molecule has 1 heterocycles. The molecule has 37 heavy (non-hydrogen) atoms. The number of amides is 3. The lowest BCUT2D eigenvalue weighted by molar-refractivity contribution is -0.122. The first-order valence-corrected chi connectivity index (χ1v) is 12.3. The lowest BCUT2D eigenvalue weighted by atomic mass is 10.1. The average Bonchev–Trinajstić information content (AvgIpc) is 3.33. The molecular formula is C29H31N3O5. The van der Waals surface area contributed by atoms with Gasteiger partial charge < -0.3 is 25.0 Å². The van der Waals surface area contributed by atoms with E-state index in [0.29, 0.717) is 30.2 Å². The number of ether oxygens (including phenoxy) is 2. The third-order valence-corrected chi connectivity index (χ3v) is 6.13. The van der Waals surface area contributed by atoms with Gasteiger partial charge >= 0.3 is 0 Å². The van der Waals surface area contributed by atoms with Gasteiger partial charge in [-0.1, -0.05) is 31.2 Å². The number of methoxy groups -OCH3 is 1. The first kappa shape index (κ1) is 25.8. The predicted molar refractivity (Wildman–Crippen MR) is 142 cm³/mol. The number of carbonyl (C=O) groups is 3. The summed E-state index contributed by atoms with van der Waals surface area (Å²) in [4.78, 5) is 40.3. The van der Waals surface area contributed by atoms with Crippen LogP contribution in [0.4, 0.5) is 11.4 Å². The van der Waals surface area contributed by atoms with Crippen molar-refractivity contribution in [2.45, 2.75) is 26.3 Å². The smallest absolute Gasteiger partial charge is 0.253 e. The van der Waals surface area contributed by atoms with E-state index in [1.165, 1.54) is 0 Å². The molecule has 8 nitrogen and oxygen atoms in total. The number of para-hydroxylation sites is 1. The van der Waals surface area contributed by atoms with Crippen molar-refractivity contribution in [1.82, 2.24) is 5.32 Å². The molecular weight excluding hydrogens is 470 g/mol. The number of anilines is 2. The van der Waals surface area contributed by atoms with Crippen LogP contribution >= 0.6 is 0 Å². The van der Waals surface area contributed by atoms with Crippen molar-refractivity contribution < 1.29 is 23.9 Å². The van der Waals surface area contributed by atoms with Gasteiger partial charge in [0.15, 0.2) is 0 Å². The standard InChI is InChI=1S/C29H31N3O5/c1-3-15-37-23-13-11-22(12-14-23)32-19-21(17-27(32)33)28(34)31-26-10-5-4-9-25(26)29(35)30-18-20-7-6-8-24(16-20)36-2/h4-14,16,21H,3,15,17-19H2,1-2H3,(H,30,35)(H,31,34)/t21-/m1/s1. The number of benzene rings is 3. The fraction of sp³-hybridized carbons (Fsp3) is 0.276. The summed E-state index contributed by atoms with van der Waals surface area (Å²) in [6.07, 6.45) is 1.01. The Balaban J connectivity index is 1.38. The van der Waals surface area contributed by atoms with Crippen LogP contribution in [0.2, 0.25) is 0 Å². The number of carbonyl (C=O) groups excluding carboxylic acids is 3. The molecule has 1 aliphatic rings.